The van der Waals surface area contributed by atoms with Crippen LogP contribution in [0.15, 0.2) is 35.0 Å². The molecule has 0 saturated carbocycles. The minimum atomic E-state index is 0.442. The van der Waals surface area contributed by atoms with Crippen molar-refractivity contribution < 1.29 is 0 Å². The summed E-state index contributed by atoms with van der Waals surface area (Å²) in [6, 6.07) is 6.98. The van der Waals surface area contributed by atoms with Gasteiger partial charge in [0, 0.05) is 21.4 Å². The van der Waals surface area contributed by atoms with Gasteiger partial charge in [0.05, 0.1) is 0 Å². The van der Waals surface area contributed by atoms with Crippen LogP contribution in [-0.4, -0.2) is 12.6 Å². The van der Waals surface area contributed by atoms with E-state index in [-0.39, 0.29) is 0 Å². The van der Waals surface area contributed by atoms with Crippen LogP contribution in [0.2, 0.25) is 0 Å². The van der Waals surface area contributed by atoms with Crippen LogP contribution in [0.5, 0.6) is 0 Å². The molecule has 1 N–H and O–H groups in total. The summed E-state index contributed by atoms with van der Waals surface area (Å²) in [6.45, 7) is 5.46. The first-order valence-corrected chi connectivity index (χ1v) is 8.09. The molecule has 2 rings (SSSR count). The summed E-state index contributed by atoms with van der Waals surface area (Å²) >= 11 is 3.60. The van der Waals surface area contributed by atoms with E-state index in [4.69, 9.17) is 0 Å². The molecule has 0 spiro atoms. The van der Waals surface area contributed by atoms with Crippen molar-refractivity contribution in [2.75, 3.05) is 6.54 Å². The molecule has 2 aromatic rings. The molecular formula is C15H19NS2. The van der Waals surface area contributed by atoms with E-state index >= 15 is 0 Å². The van der Waals surface area contributed by atoms with Gasteiger partial charge in [0.15, 0.2) is 0 Å². The third-order valence-corrected chi connectivity index (χ3v) is 4.51. The highest BCUT2D eigenvalue weighted by atomic mass is 32.1. The van der Waals surface area contributed by atoms with Crippen molar-refractivity contribution in [1.82, 2.24) is 5.32 Å². The quantitative estimate of drug-likeness (QED) is 0.793. The fourth-order valence-electron chi connectivity index (χ4n) is 1.69. The first kappa shape index (κ1) is 13.5. The van der Waals surface area contributed by atoms with Crippen LogP contribution in [0.3, 0.4) is 0 Å². The zero-order chi connectivity index (χ0) is 12.8. The maximum atomic E-state index is 3.46. The second-order valence-corrected chi connectivity index (χ2v) is 6.21. The molecule has 0 aliphatic rings. The van der Waals surface area contributed by atoms with Crippen molar-refractivity contribution in [2.24, 2.45) is 0 Å². The molecule has 0 radical (unpaired) electrons. The van der Waals surface area contributed by atoms with E-state index in [1.807, 2.05) is 0 Å². The monoisotopic (exact) mass is 277 g/mol. The Morgan fingerprint density at radius 2 is 2.28 bits per heavy atom. The summed E-state index contributed by atoms with van der Waals surface area (Å²) in [5.74, 6) is 0. The molecule has 0 aliphatic heterocycles. The van der Waals surface area contributed by atoms with Gasteiger partial charge in [-0.25, -0.2) is 0 Å². The second-order valence-electron chi connectivity index (χ2n) is 4.32. The molecule has 18 heavy (non-hydrogen) atoms. The van der Waals surface area contributed by atoms with Crippen LogP contribution >= 0.6 is 22.7 Å². The molecule has 3 heteroatoms. The minimum absolute atomic E-state index is 0.442. The van der Waals surface area contributed by atoms with Gasteiger partial charge < -0.3 is 5.32 Å². The Morgan fingerprint density at radius 1 is 1.39 bits per heavy atom. The smallest absolute Gasteiger partial charge is 0.0351 e. The van der Waals surface area contributed by atoms with Crippen molar-refractivity contribution in [3.05, 3.63) is 39.9 Å². The number of nitrogens with one attached hydrogen (secondary N) is 1. The molecule has 96 valence electrons. The molecular weight excluding hydrogens is 258 g/mol. The maximum absolute atomic E-state index is 3.46. The highest BCUT2D eigenvalue weighted by Gasteiger charge is 2.01. The van der Waals surface area contributed by atoms with Gasteiger partial charge in [0.25, 0.3) is 0 Å². The predicted octanol–water partition coefficient (Wildman–Crippen LogP) is 4.88. The maximum Gasteiger partial charge on any atom is 0.0351 e. The number of rotatable bonds is 6. The highest BCUT2D eigenvalue weighted by Crippen LogP contribution is 2.29. The molecule has 1 atom stereocenters. The Bertz CT molecular complexity index is 482. The summed E-state index contributed by atoms with van der Waals surface area (Å²) in [4.78, 5) is 2.67. The summed E-state index contributed by atoms with van der Waals surface area (Å²) in [7, 11) is 0. The molecule has 0 saturated heterocycles. The Morgan fingerprint density at radius 3 is 3.00 bits per heavy atom. The lowest BCUT2D eigenvalue weighted by Gasteiger charge is -2.06. The lowest BCUT2D eigenvalue weighted by molar-refractivity contribution is 0.625. The number of thiophene rings is 2. The van der Waals surface area contributed by atoms with Crippen molar-refractivity contribution >= 4 is 28.7 Å². The van der Waals surface area contributed by atoms with E-state index in [1.54, 1.807) is 22.7 Å². The Kier molecular flexibility index (Phi) is 5.17. The zero-order valence-electron chi connectivity index (χ0n) is 10.8. The SMILES string of the molecule is CCCNC(C)/C=C/c1cc(-c2cccs2)cs1. The van der Waals surface area contributed by atoms with Crippen LogP contribution in [0, 0.1) is 0 Å². The molecule has 1 unspecified atom stereocenters. The van der Waals surface area contributed by atoms with Crippen LogP contribution < -0.4 is 5.32 Å². The van der Waals surface area contributed by atoms with Gasteiger partial charge in [0.2, 0.25) is 0 Å². The standard InChI is InChI=1S/C15H19NS2/c1-3-8-16-12(2)6-7-14-10-13(11-18-14)15-5-4-9-17-15/h4-7,9-12,16H,3,8H2,1-2H3/b7-6+. The largest absolute Gasteiger partial charge is 0.311 e. The molecule has 0 bridgehead atoms. The average Bonchev–Trinajstić information content (AvgIpc) is 3.03. The van der Waals surface area contributed by atoms with E-state index in [2.05, 4.69) is 60.3 Å². The lowest BCUT2D eigenvalue weighted by atomic mass is 10.2. The molecule has 0 amide bonds. The van der Waals surface area contributed by atoms with Gasteiger partial charge in [-0.15, -0.1) is 22.7 Å². The van der Waals surface area contributed by atoms with Gasteiger partial charge in [-0.05, 0) is 48.9 Å². The average molecular weight is 277 g/mol. The van der Waals surface area contributed by atoms with E-state index in [0.29, 0.717) is 6.04 Å². The van der Waals surface area contributed by atoms with Gasteiger partial charge >= 0.3 is 0 Å². The summed E-state index contributed by atoms with van der Waals surface area (Å²) in [6.07, 6.45) is 5.63. The first-order valence-electron chi connectivity index (χ1n) is 6.33. The van der Waals surface area contributed by atoms with Crippen molar-refractivity contribution in [1.29, 1.82) is 0 Å². The minimum Gasteiger partial charge on any atom is -0.311 e. The predicted molar refractivity (Wildman–Crippen MR) is 84.4 cm³/mol. The van der Waals surface area contributed by atoms with Crippen molar-refractivity contribution in [3.8, 4) is 10.4 Å². The summed E-state index contributed by atoms with van der Waals surface area (Å²) in [5.41, 5.74) is 1.34. The summed E-state index contributed by atoms with van der Waals surface area (Å²) < 4.78 is 0. The van der Waals surface area contributed by atoms with Gasteiger partial charge in [-0.1, -0.05) is 19.1 Å². The fourth-order valence-corrected chi connectivity index (χ4v) is 3.29. The molecule has 1 nitrogen and oxygen atoms in total. The molecule has 2 heterocycles. The van der Waals surface area contributed by atoms with E-state index in [1.165, 1.54) is 21.7 Å². The normalized spacial score (nSPS) is 13.2. The Hall–Kier alpha value is -0.900. The van der Waals surface area contributed by atoms with E-state index in [9.17, 15) is 0 Å². The zero-order valence-corrected chi connectivity index (χ0v) is 12.5. The summed E-state index contributed by atoms with van der Waals surface area (Å²) in [5, 5.41) is 7.81. The number of hydrogen-bond donors (Lipinski definition) is 1. The van der Waals surface area contributed by atoms with Gasteiger partial charge in [-0.2, -0.15) is 0 Å². The topological polar surface area (TPSA) is 12.0 Å². The highest BCUT2D eigenvalue weighted by molar-refractivity contribution is 7.15. The Labute approximate surface area is 117 Å². The molecule has 0 aromatic carbocycles. The Balaban J connectivity index is 1.96. The lowest BCUT2D eigenvalue weighted by Crippen LogP contribution is -2.24. The third-order valence-electron chi connectivity index (χ3n) is 2.69. The van der Waals surface area contributed by atoms with Crippen molar-refractivity contribution in [2.45, 2.75) is 26.3 Å². The van der Waals surface area contributed by atoms with E-state index < -0.39 is 0 Å². The van der Waals surface area contributed by atoms with Crippen molar-refractivity contribution in [3.63, 3.8) is 0 Å². The third kappa shape index (κ3) is 3.80. The van der Waals surface area contributed by atoms with E-state index in [0.717, 1.165) is 6.54 Å². The molecule has 2 aromatic heterocycles. The van der Waals surface area contributed by atoms with Crippen LogP contribution in [0.25, 0.3) is 16.5 Å². The molecule has 0 fully saturated rings. The van der Waals surface area contributed by atoms with Crippen LogP contribution in [-0.2, 0) is 0 Å². The van der Waals surface area contributed by atoms with Gasteiger partial charge in [0.1, 0.15) is 0 Å². The van der Waals surface area contributed by atoms with Gasteiger partial charge in [-0.3, -0.25) is 0 Å². The first-order chi connectivity index (χ1) is 8.79. The van der Waals surface area contributed by atoms with Crippen LogP contribution in [0.4, 0.5) is 0 Å². The number of hydrogen-bond acceptors (Lipinski definition) is 3. The second kappa shape index (κ2) is 6.88. The molecule has 0 aliphatic carbocycles. The fraction of sp³-hybridized carbons (Fsp3) is 0.333. The van der Waals surface area contributed by atoms with Crippen LogP contribution in [0.1, 0.15) is 25.1 Å².